The maximum atomic E-state index is 12.4. The van der Waals surface area contributed by atoms with Crippen LogP contribution in [0, 0.1) is 0 Å². The maximum absolute atomic E-state index is 12.4. The number of carbonyl (C=O) groups excluding carboxylic acids is 1. The van der Waals surface area contributed by atoms with Crippen molar-refractivity contribution in [1.29, 1.82) is 0 Å². The molecule has 1 aromatic carbocycles. The van der Waals surface area contributed by atoms with Crippen molar-refractivity contribution in [2.45, 2.75) is 13.5 Å². The second-order valence-corrected chi connectivity index (χ2v) is 7.81. The minimum absolute atomic E-state index is 0.00216. The highest BCUT2D eigenvalue weighted by atomic mass is 32.2. The molecule has 0 unspecified atom stereocenters. The molecule has 1 amide bonds. The average molecular weight is 348 g/mol. The summed E-state index contributed by atoms with van der Waals surface area (Å²) in [5, 5.41) is 2.49. The molecule has 1 aromatic heterocycles. The van der Waals surface area contributed by atoms with E-state index in [-0.39, 0.29) is 23.6 Å². The van der Waals surface area contributed by atoms with Gasteiger partial charge in [0.25, 0.3) is 11.5 Å². The lowest BCUT2D eigenvalue weighted by molar-refractivity contribution is 0.0954. The number of nitrogens with one attached hydrogen (secondary N) is 1. The van der Waals surface area contributed by atoms with E-state index in [9.17, 15) is 18.0 Å². The number of amides is 1. The third kappa shape index (κ3) is 4.79. The summed E-state index contributed by atoms with van der Waals surface area (Å²) in [4.78, 5) is 24.5. The Bertz CT molecular complexity index is 858. The van der Waals surface area contributed by atoms with Crippen LogP contribution in [0.4, 0.5) is 0 Å². The molecule has 0 saturated heterocycles. The van der Waals surface area contributed by atoms with Crippen LogP contribution in [0.5, 0.6) is 0 Å². The first-order valence-corrected chi connectivity index (χ1v) is 9.47. The number of benzene rings is 1. The number of sulfone groups is 1. The highest BCUT2D eigenvalue weighted by Gasteiger charge is 2.13. The zero-order valence-electron chi connectivity index (χ0n) is 13.4. The fraction of sp³-hybridized carbons (Fsp3) is 0.294. The first kappa shape index (κ1) is 17.9. The van der Waals surface area contributed by atoms with Crippen LogP contribution in [-0.2, 0) is 16.4 Å². The number of rotatable bonds is 7. The Kier molecular flexibility index (Phi) is 5.92. The van der Waals surface area contributed by atoms with Gasteiger partial charge in [-0.05, 0) is 17.7 Å². The third-order valence-electron chi connectivity index (χ3n) is 3.60. The van der Waals surface area contributed by atoms with Crippen LogP contribution in [0.15, 0.2) is 53.5 Å². The first-order valence-electron chi connectivity index (χ1n) is 7.65. The summed E-state index contributed by atoms with van der Waals surface area (Å²) >= 11 is 0. The average Bonchev–Trinajstić information content (AvgIpc) is 2.57. The molecular weight excluding hydrogens is 328 g/mol. The number of pyridine rings is 1. The SMILES string of the molecule is CCS(=O)(=O)CCNC(=O)c1cccn(Cc2ccccc2)c1=O. The highest BCUT2D eigenvalue weighted by molar-refractivity contribution is 7.91. The van der Waals surface area contributed by atoms with E-state index in [0.29, 0.717) is 6.54 Å². The summed E-state index contributed by atoms with van der Waals surface area (Å²) in [5.74, 6) is -0.674. The molecule has 7 heteroatoms. The Morgan fingerprint density at radius 1 is 1.12 bits per heavy atom. The van der Waals surface area contributed by atoms with Crippen LogP contribution in [0.1, 0.15) is 22.8 Å². The third-order valence-corrected chi connectivity index (χ3v) is 5.30. The molecule has 1 heterocycles. The number of nitrogens with zero attached hydrogens (tertiary/aromatic N) is 1. The van der Waals surface area contributed by atoms with Crippen molar-refractivity contribution in [2.75, 3.05) is 18.1 Å². The smallest absolute Gasteiger partial charge is 0.263 e. The van der Waals surface area contributed by atoms with E-state index in [4.69, 9.17) is 0 Å². The second kappa shape index (κ2) is 7.92. The minimum atomic E-state index is -3.15. The monoisotopic (exact) mass is 348 g/mol. The van der Waals surface area contributed by atoms with Crippen molar-refractivity contribution in [1.82, 2.24) is 9.88 Å². The Morgan fingerprint density at radius 2 is 1.83 bits per heavy atom. The first-order chi connectivity index (χ1) is 11.4. The highest BCUT2D eigenvalue weighted by Crippen LogP contribution is 2.01. The molecule has 0 saturated carbocycles. The molecule has 6 nitrogen and oxygen atoms in total. The largest absolute Gasteiger partial charge is 0.351 e. The van der Waals surface area contributed by atoms with E-state index in [1.807, 2.05) is 30.3 Å². The number of carbonyl (C=O) groups is 1. The number of hydrogen-bond acceptors (Lipinski definition) is 4. The summed E-state index contributed by atoms with van der Waals surface area (Å²) in [5.41, 5.74) is 0.547. The fourth-order valence-corrected chi connectivity index (χ4v) is 2.88. The Balaban J connectivity index is 2.09. The number of aromatic nitrogens is 1. The predicted octanol–water partition coefficient (Wildman–Crippen LogP) is 1.06. The molecule has 0 bridgehead atoms. The molecule has 0 atom stereocenters. The Morgan fingerprint density at radius 3 is 2.50 bits per heavy atom. The zero-order chi connectivity index (χ0) is 17.6. The molecule has 0 aliphatic heterocycles. The molecular formula is C17H20N2O4S. The van der Waals surface area contributed by atoms with Crippen LogP contribution in [0.2, 0.25) is 0 Å². The lowest BCUT2D eigenvalue weighted by Gasteiger charge is -2.09. The number of hydrogen-bond donors (Lipinski definition) is 1. The van der Waals surface area contributed by atoms with Crippen molar-refractivity contribution < 1.29 is 13.2 Å². The van der Waals surface area contributed by atoms with E-state index in [2.05, 4.69) is 5.32 Å². The van der Waals surface area contributed by atoms with Gasteiger partial charge in [0.05, 0.1) is 12.3 Å². The predicted molar refractivity (Wildman–Crippen MR) is 92.9 cm³/mol. The van der Waals surface area contributed by atoms with Crippen LogP contribution >= 0.6 is 0 Å². The molecule has 0 aliphatic rings. The molecule has 128 valence electrons. The second-order valence-electron chi connectivity index (χ2n) is 5.33. The molecule has 24 heavy (non-hydrogen) atoms. The van der Waals surface area contributed by atoms with E-state index in [0.717, 1.165) is 5.56 Å². The Labute approximate surface area is 141 Å². The van der Waals surface area contributed by atoms with Gasteiger partial charge in [-0.2, -0.15) is 0 Å². The summed E-state index contributed by atoms with van der Waals surface area (Å²) in [6.07, 6.45) is 1.62. The topological polar surface area (TPSA) is 85.2 Å². The van der Waals surface area contributed by atoms with Crippen LogP contribution < -0.4 is 10.9 Å². The van der Waals surface area contributed by atoms with E-state index >= 15 is 0 Å². The van der Waals surface area contributed by atoms with Gasteiger partial charge >= 0.3 is 0 Å². The van der Waals surface area contributed by atoms with Crippen molar-refractivity contribution >= 4 is 15.7 Å². The van der Waals surface area contributed by atoms with Gasteiger partial charge in [0.15, 0.2) is 9.84 Å². The normalized spacial score (nSPS) is 11.2. The molecule has 0 fully saturated rings. The summed E-state index contributed by atoms with van der Waals surface area (Å²) in [7, 11) is -3.15. The zero-order valence-corrected chi connectivity index (χ0v) is 14.3. The van der Waals surface area contributed by atoms with Crippen molar-refractivity contribution in [3.63, 3.8) is 0 Å². The van der Waals surface area contributed by atoms with Gasteiger partial charge in [-0.15, -0.1) is 0 Å². The van der Waals surface area contributed by atoms with Crippen molar-refractivity contribution in [3.8, 4) is 0 Å². The van der Waals surface area contributed by atoms with Gasteiger partial charge < -0.3 is 9.88 Å². The summed E-state index contributed by atoms with van der Waals surface area (Å²) < 4.78 is 24.3. The van der Waals surface area contributed by atoms with Gasteiger partial charge in [0.2, 0.25) is 0 Å². The Hall–Kier alpha value is -2.41. The van der Waals surface area contributed by atoms with Crippen LogP contribution in [0.3, 0.4) is 0 Å². The molecule has 2 rings (SSSR count). The summed E-state index contributed by atoms with van der Waals surface area (Å²) in [6, 6.07) is 12.5. The van der Waals surface area contributed by atoms with Crippen molar-refractivity contribution in [2.24, 2.45) is 0 Å². The van der Waals surface area contributed by atoms with Gasteiger partial charge in [0.1, 0.15) is 5.56 Å². The molecule has 0 radical (unpaired) electrons. The quantitative estimate of drug-likeness (QED) is 0.811. The minimum Gasteiger partial charge on any atom is -0.351 e. The fourth-order valence-electron chi connectivity index (χ4n) is 2.17. The van der Waals surface area contributed by atoms with E-state index < -0.39 is 21.3 Å². The molecule has 0 aliphatic carbocycles. The van der Waals surface area contributed by atoms with Crippen LogP contribution in [-0.4, -0.2) is 36.9 Å². The van der Waals surface area contributed by atoms with Crippen molar-refractivity contribution in [3.05, 3.63) is 70.1 Å². The van der Waals surface area contributed by atoms with Gasteiger partial charge in [-0.25, -0.2) is 8.42 Å². The molecule has 1 N–H and O–H groups in total. The van der Waals surface area contributed by atoms with Gasteiger partial charge in [-0.1, -0.05) is 37.3 Å². The lowest BCUT2D eigenvalue weighted by Crippen LogP contribution is -2.35. The molecule has 2 aromatic rings. The standard InChI is InChI=1S/C17H20N2O4S/c1-2-24(22,23)12-10-18-16(20)15-9-6-11-19(17(15)21)13-14-7-4-3-5-8-14/h3-9,11H,2,10,12-13H2,1H3,(H,18,20). The van der Waals surface area contributed by atoms with Gasteiger partial charge in [-0.3, -0.25) is 9.59 Å². The van der Waals surface area contributed by atoms with E-state index in [1.54, 1.807) is 19.2 Å². The van der Waals surface area contributed by atoms with Gasteiger partial charge in [0, 0.05) is 18.5 Å². The van der Waals surface area contributed by atoms with E-state index in [1.165, 1.54) is 10.6 Å². The maximum Gasteiger partial charge on any atom is 0.263 e. The molecule has 0 spiro atoms. The van der Waals surface area contributed by atoms with Crippen LogP contribution in [0.25, 0.3) is 0 Å². The summed E-state index contributed by atoms with van der Waals surface area (Å²) in [6.45, 7) is 1.91. The lowest BCUT2D eigenvalue weighted by atomic mass is 10.2.